The molecule has 0 saturated carbocycles. The number of unbranched alkanes of at least 4 members (excludes halogenated alkanes) is 3. The SMILES string of the molecule is CCC[CH2][Sn]([CH2]CCC)([CH2]CCC)[CH](NC(=S)c1ccccc1)c1ccccc1. The van der Waals surface area contributed by atoms with E-state index in [0.717, 1.165) is 10.6 Å². The maximum absolute atomic E-state index is 5.93. The Balaban J connectivity index is 2.45. The van der Waals surface area contributed by atoms with Gasteiger partial charge in [-0.2, -0.15) is 0 Å². The van der Waals surface area contributed by atoms with Gasteiger partial charge in [-0.1, -0.05) is 0 Å². The fourth-order valence-corrected chi connectivity index (χ4v) is 22.5. The minimum absolute atomic E-state index is 0.461. The van der Waals surface area contributed by atoms with Gasteiger partial charge in [-0.25, -0.2) is 0 Å². The summed E-state index contributed by atoms with van der Waals surface area (Å²) in [4.78, 5) is 0.921. The average molecular weight is 516 g/mol. The van der Waals surface area contributed by atoms with Crippen molar-refractivity contribution in [3.8, 4) is 0 Å². The fourth-order valence-electron chi connectivity index (χ4n) is 4.43. The summed E-state index contributed by atoms with van der Waals surface area (Å²) in [6, 6.07) is 21.7. The molecule has 2 aromatic carbocycles. The number of thiocarbonyl (C=S) groups is 1. The Kier molecular flexibility index (Phi) is 11.3. The Morgan fingerprint density at radius 3 is 1.66 bits per heavy atom. The van der Waals surface area contributed by atoms with Crippen LogP contribution >= 0.6 is 12.2 Å². The normalized spacial score (nSPS) is 12.5. The van der Waals surface area contributed by atoms with Gasteiger partial charge in [-0.05, 0) is 0 Å². The third-order valence-corrected chi connectivity index (χ3v) is 22.9. The molecule has 0 aliphatic carbocycles. The molecular formula is C26H39NSSn. The van der Waals surface area contributed by atoms with Gasteiger partial charge in [0.2, 0.25) is 0 Å². The van der Waals surface area contributed by atoms with Gasteiger partial charge in [0, 0.05) is 0 Å². The van der Waals surface area contributed by atoms with Crippen molar-refractivity contribution in [2.45, 2.75) is 76.7 Å². The van der Waals surface area contributed by atoms with Crippen LogP contribution in [0.15, 0.2) is 60.7 Å². The predicted molar refractivity (Wildman–Crippen MR) is 135 cm³/mol. The maximum atomic E-state index is 5.93. The van der Waals surface area contributed by atoms with Gasteiger partial charge in [0.25, 0.3) is 0 Å². The summed E-state index contributed by atoms with van der Waals surface area (Å²) in [6.45, 7) is 7.03. The van der Waals surface area contributed by atoms with E-state index in [1.54, 1.807) is 0 Å². The molecule has 0 radical (unpaired) electrons. The van der Waals surface area contributed by atoms with E-state index in [9.17, 15) is 0 Å². The van der Waals surface area contributed by atoms with Gasteiger partial charge in [-0.15, -0.1) is 0 Å². The molecule has 0 spiro atoms. The fraction of sp³-hybridized carbons (Fsp3) is 0.500. The first-order chi connectivity index (χ1) is 14.2. The van der Waals surface area contributed by atoms with Crippen LogP contribution < -0.4 is 5.32 Å². The first-order valence-corrected chi connectivity index (χ1v) is 19.7. The summed E-state index contributed by atoms with van der Waals surface area (Å²) in [6.07, 6.45) is 7.98. The van der Waals surface area contributed by atoms with Gasteiger partial charge in [0.05, 0.1) is 0 Å². The Hall–Kier alpha value is -0.871. The summed E-state index contributed by atoms with van der Waals surface area (Å²) in [5, 5.41) is 3.94. The van der Waals surface area contributed by atoms with Crippen LogP contribution in [-0.2, 0) is 0 Å². The Bertz CT molecular complexity index is 679. The summed E-state index contributed by atoms with van der Waals surface area (Å²) >= 11 is 3.35. The van der Waals surface area contributed by atoms with Crippen molar-refractivity contribution in [3.63, 3.8) is 0 Å². The summed E-state index contributed by atoms with van der Waals surface area (Å²) in [7, 11) is 0. The number of hydrogen-bond acceptors (Lipinski definition) is 1. The van der Waals surface area contributed by atoms with E-state index in [1.807, 2.05) is 0 Å². The van der Waals surface area contributed by atoms with E-state index in [0.29, 0.717) is 4.06 Å². The zero-order valence-electron chi connectivity index (χ0n) is 18.6. The van der Waals surface area contributed by atoms with E-state index >= 15 is 0 Å². The molecule has 0 fully saturated rings. The molecule has 0 bridgehead atoms. The summed E-state index contributed by atoms with van der Waals surface area (Å²) in [5.41, 5.74) is 2.61. The van der Waals surface area contributed by atoms with E-state index in [4.69, 9.17) is 12.2 Å². The quantitative estimate of drug-likeness (QED) is 0.213. The van der Waals surface area contributed by atoms with Crippen molar-refractivity contribution < 1.29 is 0 Å². The molecule has 1 atom stereocenters. The molecule has 1 unspecified atom stereocenters. The molecule has 0 aromatic heterocycles. The van der Waals surface area contributed by atoms with Crippen LogP contribution in [0.25, 0.3) is 0 Å². The minimum atomic E-state index is -2.58. The zero-order chi connectivity index (χ0) is 21.0. The molecule has 0 aliphatic heterocycles. The van der Waals surface area contributed by atoms with E-state index < -0.39 is 18.4 Å². The Morgan fingerprint density at radius 1 is 0.759 bits per heavy atom. The number of hydrogen-bond donors (Lipinski definition) is 1. The predicted octanol–water partition coefficient (Wildman–Crippen LogP) is 8.08. The third-order valence-electron chi connectivity index (χ3n) is 6.14. The summed E-state index contributed by atoms with van der Waals surface area (Å²) < 4.78 is 4.86. The van der Waals surface area contributed by atoms with Crippen LogP contribution in [0.3, 0.4) is 0 Å². The van der Waals surface area contributed by atoms with Gasteiger partial charge >= 0.3 is 189 Å². The standard InChI is InChI=1S/C14H12NS.3C4H9.Sn/c16-14(13-9-5-2-6-10-13)15-11-12-7-3-1-4-8-12;3*1-3-4-2;/h1-11H,(H,15,16);3*1,3-4H2,2H3;. The zero-order valence-corrected chi connectivity index (χ0v) is 22.3. The van der Waals surface area contributed by atoms with Gasteiger partial charge in [-0.3, -0.25) is 0 Å². The Labute approximate surface area is 188 Å². The molecule has 0 amide bonds. The first-order valence-electron chi connectivity index (χ1n) is 11.6. The van der Waals surface area contributed by atoms with Gasteiger partial charge in [0.1, 0.15) is 0 Å². The van der Waals surface area contributed by atoms with Crippen LogP contribution in [0.5, 0.6) is 0 Å². The summed E-state index contributed by atoms with van der Waals surface area (Å²) in [5.74, 6) is 0. The van der Waals surface area contributed by atoms with E-state index in [1.165, 1.54) is 57.4 Å². The second-order valence-electron chi connectivity index (χ2n) is 8.36. The second kappa shape index (κ2) is 13.4. The molecule has 2 aromatic rings. The van der Waals surface area contributed by atoms with Crippen molar-refractivity contribution in [2.75, 3.05) is 0 Å². The van der Waals surface area contributed by atoms with E-state index in [-0.39, 0.29) is 0 Å². The van der Waals surface area contributed by atoms with E-state index in [2.05, 4.69) is 86.8 Å². The van der Waals surface area contributed by atoms with Crippen LogP contribution in [0.1, 0.15) is 74.5 Å². The van der Waals surface area contributed by atoms with Gasteiger partial charge in [0.15, 0.2) is 0 Å². The topological polar surface area (TPSA) is 12.0 Å². The number of benzene rings is 2. The molecule has 0 heterocycles. The molecule has 0 saturated heterocycles. The van der Waals surface area contributed by atoms with Crippen molar-refractivity contribution >= 4 is 35.6 Å². The molecule has 1 N–H and O–H groups in total. The molecule has 3 heteroatoms. The molecule has 158 valence electrons. The van der Waals surface area contributed by atoms with Crippen molar-refractivity contribution in [2.24, 2.45) is 0 Å². The molecule has 29 heavy (non-hydrogen) atoms. The average Bonchev–Trinajstić information content (AvgIpc) is 2.78. The molecular weight excluding hydrogens is 477 g/mol. The van der Waals surface area contributed by atoms with Crippen LogP contribution in [0.4, 0.5) is 0 Å². The molecule has 2 rings (SSSR count). The van der Waals surface area contributed by atoms with Crippen molar-refractivity contribution in [1.29, 1.82) is 0 Å². The second-order valence-corrected chi connectivity index (χ2v) is 22.5. The van der Waals surface area contributed by atoms with Crippen molar-refractivity contribution in [3.05, 3.63) is 71.8 Å². The number of rotatable bonds is 13. The molecule has 1 nitrogen and oxygen atoms in total. The van der Waals surface area contributed by atoms with Crippen LogP contribution in [0, 0.1) is 0 Å². The Morgan fingerprint density at radius 2 is 1.21 bits per heavy atom. The van der Waals surface area contributed by atoms with Gasteiger partial charge < -0.3 is 0 Å². The molecule has 0 aliphatic rings. The van der Waals surface area contributed by atoms with Crippen LogP contribution in [0.2, 0.25) is 13.3 Å². The number of nitrogens with one attached hydrogen (secondary N) is 1. The van der Waals surface area contributed by atoms with Crippen LogP contribution in [-0.4, -0.2) is 23.4 Å². The van der Waals surface area contributed by atoms with Crippen molar-refractivity contribution in [1.82, 2.24) is 5.32 Å². The first kappa shape index (κ1) is 24.4. The monoisotopic (exact) mass is 517 g/mol. The third kappa shape index (κ3) is 7.40.